The molecule has 0 aromatic heterocycles. The summed E-state index contributed by atoms with van der Waals surface area (Å²) in [5.41, 5.74) is 2.93. The average Bonchev–Trinajstić information content (AvgIpc) is 2.86. The van der Waals surface area contributed by atoms with Crippen molar-refractivity contribution in [3.05, 3.63) is 126 Å². The van der Waals surface area contributed by atoms with Crippen molar-refractivity contribution in [1.82, 2.24) is 0 Å². The molecule has 3 heteroatoms. The first-order chi connectivity index (χ1) is 16.2. The molecule has 0 aliphatic heterocycles. The third kappa shape index (κ3) is 4.44. The predicted octanol–water partition coefficient (Wildman–Crippen LogP) is 6.96. The predicted molar refractivity (Wildman–Crippen MR) is 132 cm³/mol. The van der Waals surface area contributed by atoms with Crippen LogP contribution in [0, 0.1) is 0 Å². The van der Waals surface area contributed by atoms with Crippen molar-refractivity contribution < 1.29 is 14.6 Å². The van der Waals surface area contributed by atoms with Crippen LogP contribution >= 0.6 is 0 Å². The summed E-state index contributed by atoms with van der Waals surface area (Å²) in [4.78, 5) is 13.0. The Balaban J connectivity index is 1.53. The average molecular weight is 433 g/mol. The second kappa shape index (κ2) is 9.17. The molecule has 5 rings (SSSR count). The highest BCUT2D eigenvalue weighted by Crippen LogP contribution is 2.36. The molecular weight excluding hydrogens is 408 g/mol. The monoisotopic (exact) mass is 432 g/mol. The fraction of sp³-hybridized carbons (Fsp3) is 0.100. The quantitative estimate of drug-likeness (QED) is 0.295. The Morgan fingerprint density at radius 2 is 1.18 bits per heavy atom. The summed E-state index contributed by atoms with van der Waals surface area (Å²) < 4.78 is 6.20. The number of phenolic OH excluding ortho intramolecular Hbond substituents is 1. The van der Waals surface area contributed by atoms with Gasteiger partial charge in [-0.15, -0.1) is 0 Å². The third-order valence-electron chi connectivity index (χ3n) is 6.02. The molecule has 0 amide bonds. The van der Waals surface area contributed by atoms with Gasteiger partial charge in [0.2, 0.25) is 0 Å². The van der Waals surface area contributed by atoms with E-state index in [1.807, 2.05) is 60.7 Å². The molecule has 1 N–H and O–H groups in total. The number of aromatic hydroxyl groups is 1. The Kier molecular flexibility index (Phi) is 5.77. The van der Waals surface area contributed by atoms with Crippen molar-refractivity contribution >= 4 is 27.5 Å². The molecular formula is C30H24O3. The van der Waals surface area contributed by atoms with Crippen LogP contribution in [0.2, 0.25) is 0 Å². The van der Waals surface area contributed by atoms with Gasteiger partial charge in [-0.1, -0.05) is 97.1 Å². The van der Waals surface area contributed by atoms with Crippen LogP contribution in [0.3, 0.4) is 0 Å². The number of aryl methyl sites for hydroxylation is 1. The molecule has 0 aliphatic carbocycles. The molecule has 0 aliphatic rings. The minimum absolute atomic E-state index is 0.216. The molecule has 0 unspecified atom stereocenters. The second-order valence-corrected chi connectivity index (χ2v) is 8.17. The van der Waals surface area contributed by atoms with Crippen LogP contribution in [0.5, 0.6) is 5.75 Å². The third-order valence-corrected chi connectivity index (χ3v) is 6.02. The van der Waals surface area contributed by atoms with E-state index in [9.17, 15) is 9.90 Å². The van der Waals surface area contributed by atoms with Gasteiger partial charge in [0.25, 0.3) is 0 Å². The van der Waals surface area contributed by atoms with Crippen molar-refractivity contribution in [3.8, 4) is 5.75 Å². The lowest BCUT2D eigenvalue weighted by Crippen LogP contribution is -2.14. The summed E-state index contributed by atoms with van der Waals surface area (Å²) in [5, 5.41) is 13.9. The van der Waals surface area contributed by atoms with Gasteiger partial charge in [-0.2, -0.15) is 0 Å². The normalized spacial score (nSPS) is 11.2. The molecule has 0 heterocycles. The Bertz CT molecular complexity index is 1330. The topological polar surface area (TPSA) is 46.5 Å². The van der Waals surface area contributed by atoms with Gasteiger partial charge < -0.3 is 9.84 Å². The fourth-order valence-corrected chi connectivity index (χ4v) is 4.35. The van der Waals surface area contributed by atoms with E-state index >= 15 is 0 Å². The van der Waals surface area contributed by atoms with E-state index in [0.29, 0.717) is 6.42 Å². The zero-order valence-electron chi connectivity index (χ0n) is 18.1. The Hall–Kier alpha value is -4.11. The zero-order valence-corrected chi connectivity index (χ0v) is 18.1. The molecule has 0 atom stereocenters. The van der Waals surface area contributed by atoms with Crippen molar-refractivity contribution in [3.63, 3.8) is 0 Å². The number of hydrogen-bond donors (Lipinski definition) is 1. The van der Waals surface area contributed by atoms with Gasteiger partial charge in [-0.05, 0) is 45.7 Å². The van der Waals surface area contributed by atoms with Crippen LogP contribution in [-0.4, -0.2) is 11.1 Å². The molecule has 33 heavy (non-hydrogen) atoms. The van der Waals surface area contributed by atoms with Crippen LogP contribution in [0.4, 0.5) is 0 Å². The highest BCUT2D eigenvalue weighted by molar-refractivity contribution is 5.90. The lowest BCUT2D eigenvalue weighted by molar-refractivity contribution is -0.147. The summed E-state index contributed by atoms with van der Waals surface area (Å²) in [5.74, 6) is -0.0396. The number of ether oxygens (including phenoxy) is 1. The van der Waals surface area contributed by atoms with Gasteiger partial charge in [-0.25, -0.2) is 0 Å². The molecule has 0 spiro atoms. The van der Waals surface area contributed by atoms with Crippen LogP contribution in [0.1, 0.15) is 29.2 Å². The zero-order chi connectivity index (χ0) is 22.6. The summed E-state index contributed by atoms with van der Waals surface area (Å²) in [6.45, 7) is 0. The maximum atomic E-state index is 13.0. The number of benzene rings is 5. The second-order valence-electron chi connectivity index (χ2n) is 8.17. The molecule has 0 radical (unpaired) electrons. The van der Waals surface area contributed by atoms with Crippen molar-refractivity contribution in [2.45, 2.75) is 18.9 Å². The number of phenols is 1. The van der Waals surface area contributed by atoms with Crippen LogP contribution in [0.15, 0.2) is 109 Å². The molecule has 162 valence electrons. The Morgan fingerprint density at radius 1 is 0.667 bits per heavy atom. The van der Waals surface area contributed by atoms with E-state index in [-0.39, 0.29) is 18.1 Å². The SMILES string of the molecule is O=C(CCc1ccc(O)cc1)OC(c1cccc2ccccc12)c1cccc2ccccc12. The number of esters is 1. The minimum atomic E-state index is -0.519. The molecule has 0 fully saturated rings. The van der Waals surface area contributed by atoms with E-state index in [1.54, 1.807) is 12.1 Å². The summed E-state index contributed by atoms with van der Waals surface area (Å²) >= 11 is 0. The number of hydrogen-bond acceptors (Lipinski definition) is 3. The first-order valence-electron chi connectivity index (χ1n) is 11.1. The van der Waals surface area contributed by atoms with Crippen LogP contribution < -0.4 is 0 Å². The van der Waals surface area contributed by atoms with Crippen molar-refractivity contribution in [2.75, 3.05) is 0 Å². The summed E-state index contributed by atoms with van der Waals surface area (Å²) in [7, 11) is 0. The number of rotatable bonds is 6. The van der Waals surface area contributed by atoms with Gasteiger partial charge in [0.05, 0.1) is 0 Å². The first kappa shape index (κ1) is 20.8. The van der Waals surface area contributed by atoms with E-state index in [1.165, 1.54) is 0 Å². The Morgan fingerprint density at radius 3 is 1.76 bits per heavy atom. The first-order valence-corrected chi connectivity index (χ1v) is 11.1. The van der Waals surface area contributed by atoms with Gasteiger partial charge in [0, 0.05) is 17.5 Å². The minimum Gasteiger partial charge on any atom is -0.508 e. The number of carbonyl (C=O) groups is 1. The van der Waals surface area contributed by atoms with Crippen LogP contribution in [-0.2, 0) is 16.0 Å². The number of carbonyl (C=O) groups excluding carboxylic acids is 1. The molecule has 5 aromatic rings. The Labute approximate surface area is 192 Å². The van der Waals surface area contributed by atoms with Gasteiger partial charge >= 0.3 is 5.97 Å². The van der Waals surface area contributed by atoms with Crippen LogP contribution in [0.25, 0.3) is 21.5 Å². The maximum absolute atomic E-state index is 13.0. The molecule has 0 saturated heterocycles. The summed E-state index contributed by atoms with van der Waals surface area (Å²) in [6.07, 6.45) is 0.294. The van der Waals surface area contributed by atoms with E-state index in [2.05, 4.69) is 36.4 Å². The highest BCUT2D eigenvalue weighted by Gasteiger charge is 2.23. The van der Waals surface area contributed by atoms with E-state index in [0.717, 1.165) is 38.2 Å². The van der Waals surface area contributed by atoms with E-state index in [4.69, 9.17) is 4.74 Å². The van der Waals surface area contributed by atoms with Gasteiger partial charge in [-0.3, -0.25) is 4.79 Å². The van der Waals surface area contributed by atoms with Gasteiger partial charge in [0.15, 0.2) is 6.10 Å². The molecule has 0 saturated carbocycles. The smallest absolute Gasteiger partial charge is 0.307 e. The standard InChI is InChI=1S/C30H24O3/c31-24-18-15-21(16-19-24)17-20-29(32)33-30(27-13-5-9-22-7-1-3-11-25(22)27)28-14-6-10-23-8-2-4-12-26(23)28/h1-16,18-19,30-31H,17,20H2. The molecule has 3 nitrogen and oxygen atoms in total. The van der Waals surface area contributed by atoms with E-state index < -0.39 is 6.10 Å². The number of fused-ring (bicyclic) bond motifs is 2. The van der Waals surface area contributed by atoms with Crippen molar-refractivity contribution in [2.24, 2.45) is 0 Å². The maximum Gasteiger partial charge on any atom is 0.307 e. The fourth-order valence-electron chi connectivity index (χ4n) is 4.35. The highest BCUT2D eigenvalue weighted by atomic mass is 16.5. The lowest BCUT2D eigenvalue weighted by Gasteiger charge is -2.22. The molecule has 0 bridgehead atoms. The largest absolute Gasteiger partial charge is 0.508 e. The van der Waals surface area contributed by atoms with Crippen molar-refractivity contribution in [1.29, 1.82) is 0 Å². The lowest BCUT2D eigenvalue weighted by atomic mass is 9.92. The summed E-state index contributed by atoms with van der Waals surface area (Å²) in [6, 6.07) is 35.6. The molecule has 5 aromatic carbocycles. The van der Waals surface area contributed by atoms with Gasteiger partial charge in [0.1, 0.15) is 5.75 Å².